The number of rotatable bonds is 8. The van der Waals surface area contributed by atoms with Crippen molar-refractivity contribution >= 4 is 11.0 Å². The smallest absolute Gasteiger partial charge is 0.134 e. The van der Waals surface area contributed by atoms with Gasteiger partial charge < -0.3 is 9.73 Å². The second-order valence-electron chi connectivity index (χ2n) is 6.02. The van der Waals surface area contributed by atoms with Crippen LogP contribution in [0, 0.1) is 0 Å². The third kappa shape index (κ3) is 3.47. The first kappa shape index (κ1) is 14.6. The van der Waals surface area contributed by atoms with Gasteiger partial charge >= 0.3 is 0 Å². The first-order valence-corrected chi connectivity index (χ1v) is 8.27. The summed E-state index contributed by atoms with van der Waals surface area (Å²) in [5.41, 5.74) is 0.990. The third-order valence-electron chi connectivity index (χ3n) is 4.23. The molecule has 3 heteroatoms. The Morgan fingerprint density at radius 3 is 2.76 bits per heavy atom. The van der Waals surface area contributed by atoms with Crippen molar-refractivity contribution in [1.82, 2.24) is 10.2 Å². The van der Waals surface area contributed by atoms with E-state index in [0.717, 1.165) is 30.5 Å². The lowest BCUT2D eigenvalue weighted by Crippen LogP contribution is -2.36. The Bertz CT molecular complexity index is 540. The molecule has 1 saturated carbocycles. The van der Waals surface area contributed by atoms with E-state index in [1.54, 1.807) is 0 Å². The van der Waals surface area contributed by atoms with Crippen LogP contribution in [0.5, 0.6) is 0 Å². The number of fused-ring (bicyclic) bond motifs is 1. The van der Waals surface area contributed by atoms with Crippen molar-refractivity contribution in [2.75, 3.05) is 19.6 Å². The van der Waals surface area contributed by atoms with Gasteiger partial charge in [0.2, 0.25) is 0 Å². The number of nitrogens with one attached hydrogen (secondary N) is 1. The van der Waals surface area contributed by atoms with Gasteiger partial charge in [0, 0.05) is 18.0 Å². The van der Waals surface area contributed by atoms with Gasteiger partial charge in [0.25, 0.3) is 0 Å². The number of benzene rings is 1. The number of hydrogen-bond acceptors (Lipinski definition) is 3. The zero-order valence-electron chi connectivity index (χ0n) is 13.1. The molecule has 1 unspecified atom stereocenters. The topological polar surface area (TPSA) is 28.4 Å². The molecule has 1 aromatic carbocycles. The van der Waals surface area contributed by atoms with E-state index in [4.69, 9.17) is 4.42 Å². The highest BCUT2D eigenvalue weighted by Crippen LogP contribution is 2.30. The Morgan fingerprint density at radius 2 is 2.10 bits per heavy atom. The second-order valence-corrected chi connectivity index (χ2v) is 6.02. The average molecular weight is 286 g/mol. The highest BCUT2D eigenvalue weighted by Gasteiger charge is 2.30. The molecule has 0 radical (unpaired) electrons. The largest absolute Gasteiger partial charge is 0.459 e. The van der Waals surface area contributed by atoms with Gasteiger partial charge in [0.05, 0.1) is 6.04 Å². The summed E-state index contributed by atoms with van der Waals surface area (Å²) in [6, 6.07) is 11.6. The Labute approximate surface area is 127 Å². The average Bonchev–Trinajstić information content (AvgIpc) is 3.24. The zero-order chi connectivity index (χ0) is 14.7. The van der Waals surface area contributed by atoms with Gasteiger partial charge in [-0.1, -0.05) is 32.0 Å². The Morgan fingerprint density at radius 1 is 1.29 bits per heavy atom. The molecule has 1 N–H and O–H groups in total. The molecule has 0 spiro atoms. The maximum Gasteiger partial charge on any atom is 0.134 e. The molecule has 114 valence electrons. The molecule has 1 fully saturated rings. The third-order valence-corrected chi connectivity index (χ3v) is 4.23. The van der Waals surface area contributed by atoms with E-state index in [1.807, 2.05) is 12.1 Å². The molecule has 1 atom stereocenters. The van der Waals surface area contributed by atoms with Crippen LogP contribution in [-0.2, 0) is 0 Å². The van der Waals surface area contributed by atoms with Gasteiger partial charge in [-0.15, -0.1) is 0 Å². The Kier molecular flexibility index (Phi) is 4.61. The lowest BCUT2D eigenvalue weighted by molar-refractivity contribution is 0.223. The lowest BCUT2D eigenvalue weighted by atomic mass is 10.1. The van der Waals surface area contributed by atoms with Crippen molar-refractivity contribution in [2.24, 2.45) is 0 Å². The molecule has 1 aliphatic rings. The van der Waals surface area contributed by atoms with Crippen LogP contribution < -0.4 is 5.32 Å². The van der Waals surface area contributed by atoms with E-state index >= 15 is 0 Å². The molecule has 1 aliphatic carbocycles. The first-order valence-electron chi connectivity index (χ1n) is 8.27. The molecule has 0 bridgehead atoms. The minimum Gasteiger partial charge on any atom is -0.459 e. The summed E-state index contributed by atoms with van der Waals surface area (Å²) in [6.45, 7) is 7.63. The maximum absolute atomic E-state index is 6.07. The molecule has 0 amide bonds. The lowest BCUT2D eigenvalue weighted by Gasteiger charge is -2.26. The van der Waals surface area contributed by atoms with Crippen LogP contribution in [0.1, 0.15) is 44.9 Å². The normalized spacial score (nSPS) is 16.7. The molecular formula is C18H26N2O. The van der Waals surface area contributed by atoms with Gasteiger partial charge in [0.1, 0.15) is 11.3 Å². The number of hydrogen-bond donors (Lipinski definition) is 1. The van der Waals surface area contributed by atoms with Crippen molar-refractivity contribution < 1.29 is 4.42 Å². The predicted octanol–water partition coefficient (Wildman–Crippen LogP) is 3.96. The van der Waals surface area contributed by atoms with Crippen LogP contribution in [0.2, 0.25) is 0 Å². The SMILES string of the molecule is CCCN(CC(NCC)c1cc2ccccc2o1)C1CC1. The van der Waals surface area contributed by atoms with E-state index in [9.17, 15) is 0 Å². The van der Waals surface area contributed by atoms with Gasteiger partial charge in [-0.25, -0.2) is 0 Å². The summed E-state index contributed by atoms with van der Waals surface area (Å²) in [4.78, 5) is 2.63. The number of nitrogens with zero attached hydrogens (tertiary/aromatic N) is 1. The second kappa shape index (κ2) is 6.63. The van der Waals surface area contributed by atoms with Crippen molar-refractivity contribution in [3.8, 4) is 0 Å². The molecule has 1 aromatic heterocycles. The highest BCUT2D eigenvalue weighted by molar-refractivity contribution is 5.77. The van der Waals surface area contributed by atoms with E-state index in [0.29, 0.717) is 0 Å². The molecule has 0 saturated heterocycles. The van der Waals surface area contributed by atoms with Crippen molar-refractivity contribution in [3.05, 3.63) is 36.1 Å². The molecule has 1 heterocycles. The van der Waals surface area contributed by atoms with E-state index in [2.05, 4.69) is 42.3 Å². The van der Waals surface area contributed by atoms with Crippen LogP contribution in [0.4, 0.5) is 0 Å². The van der Waals surface area contributed by atoms with Crippen molar-refractivity contribution in [2.45, 2.75) is 45.2 Å². The van der Waals surface area contributed by atoms with Gasteiger partial charge in [-0.3, -0.25) is 4.90 Å². The van der Waals surface area contributed by atoms with Gasteiger partial charge in [0.15, 0.2) is 0 Å². The standard InChI is InChI=1S/C18H26N2O/c1-3-11-20(15-9-10-15)13-16(19-4-2)18-12-14-7-5-6-8-17(14)21-18/h5-8,12,15-16,19H,3-4,9-11,13H2,1-2H3. The zero-order valence-corrected chi connectivity index (χ0v) is 13.1. The van der Waals surface area contributed by atoms with Crippen molar-refractivity contribution in [1.29, 1.82) is 0 Å². The molecular weight excluding hydrogens is 260 g/mol. The fraction of sp³-hybridized carbons (Fsp3) is 0.556. The molecule has 2 aromatic rings. The molecule has 0 aliphatic heterocycles. The number of para-hydroxylation sites is 1. The summed E-state index contributed by atoms with van der Waals surface area (Å²) >= 11 is 0. The summed E-state index contributed by atoms with van der Waals surface area (Å²) in [5, 5.41) is 4.79. The van der Waals surface area contributed by atoms with E-state index in [-0.39, 0.29) is 6.04 Å². The van der Waals surface area contributed by atoms with Crippen LogP contribution in [0.15, 0.2) is 34.7 Å². The quantitative estimate of drug-likeness (QED) is 0.796. The number of likely N-dealkylation sites (N-methyl/N-ethyl adjacent to an activating group) is 1. The monoisotopic (exact) mass is 286 g/mol. The first-order chi connectivity index (χ1) is 10.3. The maximum atomic E-state index is 6.07. The van der Waals surface area contributed by atoms with Gasteiger partial charge in [-0.2, -0.15) is 0 Å². The summed E-state index contributed by atoms with van der Waals surface area (Å²) in [6.07, 6.45) is 3.94. The fourth-order valence-corrected chi connectivity index (χ4v) is 3.06. The van der Waals surface area contributed by atoms with Crippen molar-refractivity contribution in [3.63, 3.8) is 0 Å². The highest BCUT2D eigenvalue weighted by atomic mass is 16.3. The summed E-state index contributed by atoms with van der Waals surface area (Å²) < 4.78 is 6.07. The van der Waals surface area contributed by atoms with Crippen LogP contribution in [0.3, 0.4) is 0 Å². The van der Waals surface area contributed by atoms with E-state index in [1.165, 1.54) is 31.2 Å². The number of furan rings is 1. The van der Waals surface area contributed by atoms with Crippen LogP contribution in [0.25, 0.3) is 11.0 Å². The van der Waals surface area contributed by atoms with Gasteiger partial charge in [-0.05, 0) is 44.5 Å². The molecule has 3 rings (SSSR count). The van der Waals surface area contributed by atoms with E-state index < -0.39 is 0 Å². The molecule has 3 nitrogen and oxygen atoms in total. The van der Waals surface area contributed by atoms with Crippen LogP contribution >= 0.6 is 0 Å². The summed E-state index contributed by atoms with van der Waals surface area (Å²) in [5.74, 6) is 1.07. The minimum atomic E-state index is 0.287. The summed E-state index contributed by atoms with van der Waals surface area (Å²) in [7, 11) is 0. The fourth-order valence-electron chi connectivity index (χ4n) is 3.06. The Balaban J connectivity index is 1.79. The Hall–Kier alpha value is -1.32. The van der Waals surface area contributed by atoms with Crippen LogP contribution in [-0.4, -0.2) is 30.6 Å². The molecule has 21 heavy (non-hydrogen) atoms. The minimum absolute atomic E-state index is 0.287. The predicted molar refractivity (Wildman–Crippen MR) is 87.5 cm³/mol.